The van der Waals surface area contributed by atoms with Gasteiger partial charge < -0.3 is 14.8 Å². The van der Waals surface area contributed by atoms with Crippen LogP contribution < -0.4 is 0 Å². The number of hydrogen-bond acceptors (Lipinski definition) is 2. The summed E-state index contributed by atoms with van der Waals surface area (Å²) < 4.78 is 1.94. The molecule has 0 saturated heterocycles. The Balaban J connectivity index is 2.96. The van der Waals surface area contributed by atoms with Crippen LogP contribution in [0.5, 0.6) is 0 Å². The highest BCUT2D eigenvalue weighted by molar-refractivity contribution is 6.04. The van der Waals surface area contributed by atoms with Gasteiger partial charge >= 0.3 is 5.97 Å². The van der Waals surface area contributed by atoms with Crippen molar-refractivity contribution in [1.29, 1.82) is 0 Å². The Morgan fingerprint density at radius 2 is 1.77 bits per heavy atom. The van der Waals surface area contributed by atoms with Crippen molar-refractivity contribution in [3.63, 3.8) is 0 Å². The number of aliphatic hydroxyl groups is 1. The fourth-order valence-electron chi connectivity index (χ4n) is 2.75. The lowest BCUT2D eigenvalue weighted by Gasteiger charge is -2.21. The first kappa shape index (κ1) is 16.6. The maximum absolute atomic E-state index is 11.8. The van der Waals surface area contributed by atoms with Crippen LogP contribution in [0.2, 0.25) is 0 Å². The van der Waals surface area contributed by atoms with E-state index in [9.17, 15) is 15.0 Å². The van der Waals surface area contributed by atoms with Crippen LogP contribution in [0, 0.1) is 0 Å². The number of aromatic nitrogens is 1. The summed E-state index contributed by atoms with van der Waals surface area (Å²) in [5.41, 5.74) is 2.56. The summed E-state index contributed by atoms with van der Waals surface area (Å²) in [6.07, 6.45) is 1.23. The zero-order valence-corrected chi connectivity index (χ0v) is 14.1. The average Bonchev–Trinajstić information content (AvgIpc) is 2.75. The minimum absolute atomic E-state index is 0.119. The van der Waals surface area contributed by atoms with Crippen LogP contribution in [-0.2, 0) is 5.41 Å². The molecule has 4 nitrogen and oxygen atoms in total. The molecule has 0 fully saturated rings. The Hall–Kier alpha value is -1.81. The van der Waals surface area contributed by atoms with Gasteiger partial charge in [-0.3, -0.25) is 0 Å². The van der Waals surface area contributed by atoms with Gasteiger partial charge in [0.05, 0.1) is 17.2 Å². The van der Waals surface area contributed by atoms with E-state index in [0.29, 0.717) is 11.1 Å². The molecule has 0 spiro atoms. The van der Waals surface area contributed by atoms with Crippen molar-refractivity contribution >= 4 is 16.9 Å². The molecule has 2 N–H and O–H groups in total. The summed E-state index contributed by atoms with van der Waals surface area (Å²) in [7, 11) is 0. The van der Waals surface area contributed by atoms with Crippen LogP contribution in [0.1, 0.15) is 75.2 Å². The van der Waals surface area contributed by atoms with E-state index in [-0.39, 0.29) is 11.5 Å². The molecule has 0 aliphatic heterocycles. The topological polar surface area (TPSA) is 62.5 Å². The zero-order valence-electron chi connectivity index (χ0n) is 14.1. The summed E-state index contributed by atoms with van der Waals surface area (Å²) in [6.45, 7) is 11.9. The van der Waals surface area contributed by atoms with Gasteiger partial charge in [0.1, 0.15) is 0 Å². The Morgan fingerprint density at radius 1 is 1.18 bits per heavy atom. The molecule has 0 aliphatic rings. The van der Waals surface area contributed by atoms with Crippen LogP contribution in [0.25, 0.3) is 10.9 Å². The molecule has 1 aromatic heterocycles. The second-order valence-electron chi connectivity index (χ2n) is 7.24. The number of rotatable bonds is 3. The van der Waals surface area contributed by atoms with Crippen LogP contribution in [-0.4, -0.2) is 20.7 Å². The first-order chi connectivity index (χ1) is 10.0. The van der Waals surface area contributed by atoms with Gasteiger partial charge in [0, 0.05) is 23.2 Å². The van der Waals surface area contributed by atoms with Gasteiger partial charge in [-0.25, -0.2) is 4.79 Å². The number of carbonyl (C=O) groups is 1. The van der Waals surface area contributed by atoms with E-state index in [4.69, 9.17) is 0 Å². The Bertz CT molecular complexity index is 718. The number of benzene rings is 1. The first-order valence-corrected chi connectivity index (χ1v) is 7.64. The second-order valence-corrected chi connectivity index (χ2v) is 7.24. The molecule has 120 valence electrons. The largest absolute Gasteiger partial charge is 0.478 e. The van der Waals surface area contributed by atoms with Gasteiger partial charge in [0.2, 0.25) is 0 Å². The van der Waals surface area contributed by atoms with E-state index in [2.05, 4.69) is 20.8 Å². The van der Waals surface area contributed by atoms with Crippen LogP contribution in [0.4, 0.5) is 0 Å². The summed E-state index contributed by atoms with van der Waals surface area (Å²) in [5.74, 6) is -0.937. The van der Waals surface area contributed by atoms with Crippen LogP contribution in [0.3, 0.4) is 0 Å². The van der Waals surface area contributed by atoms with E-state index in [0.717, 1.165) is 16.5 Å². The monoisotopic (exact) mass is 303 g/mol. The third-order valence-corrected chi connectivity index (χ3v) is 4.06. The predicted molar refractivity (Wildman–Crippen MR) is 88.6 cm³/mol. The fourth-order valence-corrected chi connectivity index (χ4v) is 2.75. The van der Waals surface area contributed by atoms with Gasteiger partial charge in [0.15, 0.2) is 0 Å². The quantitative estimate of drug-likeness (QED) is 0.890. The second kappa shape index (κ2) is 5.43. The van der Waals surface area contributed by atoms with Crippen LogP contribution in [0.15, 0.2) is 18.3 Å². The third-order valence-electron chi connectivity index (χ3n) is 4.06. The number of carboxylic acids is 1. The number of aliphatic hydroxyl groups excluding tert-OH is 1. The minimum Gasteiger partial charge on any atom is -0.478 e. The summed E-state index contributed by atoms with van der Waals surface area (Å²) in [6, 6.07) is 3.89. The molecule has 22 heavy (non-hydrogen) atoms. The predicted octanol–water partition coefficient (Wildman–Crippen LogP) is 4.27. The fraction of sp³-hybridized carbons (Fsp3) is 0.500. The molecule has 0 amide bonds. The van der Waals surface area contributed by atoms with Gasteiger partial charge in [-0.1, -0.05) is 20.8 Å². The normalized spacial score (nSPS) is 13.8. The highest BCUT2D eigenvalue weighted by Crippen LogP contribution is 2.35. The van der Waals surface area contributed by atoms with Crippen molar-refractivity contribution in [2.24, 2.45) is 0 Å². The number of nitrogens with zero attached hydrogens (tertiary/aromatic N) is 1. The number of aromatic carboxylic acids is 1. The van der Waals surface area contributed by atoms with E-state index >= 15 is 0 Å². The molecule has 0 aliphatic carbocycles. The molecule has 0 radical (unpaired) electrons. The molecule has 1 aromatic carbocycles. The lowest BCUT2D eigenvalue weighted by molar-refractivity contribution is 0.0698. The maximum Gasteiger partial charge on any atom is 0.337 e. The Morgan fingerprint density at radius 3 is 2.18 bits per heavy atom. The maximum atomic E-state index is 11.8. The van der Waals surface area contributed by atoms with Gasteiger partial charge in [0.25, 0.3) is 0 Å². The molecule has 1 heterocycles. The third kappa shape index (κ3) is 2.75. The summed E-state index contributed by atoms with van der Waals surface area (Å²) in [5, 5.41) is 20.6. The molecule has 2 aromatic rings. The molecule has 0 saturated carbocycles. The van der Waals surface area contributed by atoms with Gasteiger partial charge in [-0.15, -0.1) is 0 Å². The van der Waals surface area contributed by atoms with Gasteiger partial charge in [-0.05, 0) is 43.9 Å². The molecule has 4 heteroatoms. The zero-order chi connectivity index (χ0) is 16.8. The minimum atomic E-state index is -0.937. The van der Waals surface area contributed by atoms with Crippen molar-refractivity contribution in [2.45, 2.75) is 59.1 Å². The number of fused-ring (bicyclic) bond motifs is 1. The Labute approximate surface area is 131 Å². The molecular weight excluding hydrogens is 278 g/mol. The van der Waals surface area contributed by atoms with Crippen molar-refractivity contribution in [2.75, 3.05) is 0 Å². The summed E-state index contributed by atoms with van der Waals surface area (Å²) >= 11 is 0. The highest BCUT2D eigenvalue weighted by atomic mass is 16.4. The van der Waals surface area contributed by atoms with Gasteiger partial charge in [-0.2, -0.15) is 0 Å². The molecule has 2 rings (SSSR count). The lowest BCUT2D eigenvalue weighted by Crippen LogP contribution is -2.13. The lowest BCUT2D eigenvalue weighted by atomic mass is 9.84. The van der Waals surface area contributed by atoms with Crippen molar-refractivity contribution < 1.29 is 15.0 Å². The first-order valence-electron chi connectivity index (χ1n) is 7.64. The smallest absolute Gasteiger partial charge is 0.337 e. The van der Waals surface area contributed by atoms with E-state index in [1.807, 2.05) is 30.7 Å². The average molecular weight is 303 g/mol. The highest BCUT2D eigenvalue weighted by Gasteiger charge is 2.24. The van der Waals surface area contributed by atoms with Crippen molar-refractivity contribution in [1.82, 2.24) is 4.57 Å². The molecule has 1 unspecified atom stereocenters. The molecule has 1 atom stereocenters. The Kier molecular flexibility index (Phi) is 4.09. The number of carboxylic acid groups (broad SMARTS) is 1. The summed E-state index contributed by atoms with van der Waals surface area (Å²) in [4.78, 5) is 11.8. The SMILES string of the molecule is CC(O)c1cn(C(C)C)c2c(C(=O)O)cc(C(C)(C)C)cc12. The van der Waals surface area contributed by atoms with Crippen LogP contribution >= 0.6 is 0 Å². The molecular formula is C18H25NO3. The van der Waals surface area contributed by atoms with Crippen molar-refractivity contribution in [3.05, 3.63) is 35.0 Å². The van der Waals surface area contributed by atoms with E-state index < -0.39 is 12.1 Å². The standard InChI is InChI=1S/C18H25NO3/c1-10(2)19-9-15(11(3)20)13-7-12(18(4,5)6)8-14(16(13)19)17(21)22/h7-11,20H,1-6H3,(H,21,22). The molecule has 0 bridgehead atoms. The number of hydrogen-bond donors (Lipinski definition) is 2. The van der Waals surface area contributed by atoms with E-state index in [1.165, 1.54) is 0 Å². The van der Waals surface area contributed by atoms with Crippen molar-refractivity contribution in [3.8, 4) is 0 Å². The van der Waals surface area contributed by atoms with E-state index in [1.54, 1.807) is 13.0 Å².